The topological polar surface area (TPSA) is 24.8 Å². The summed E-state index contributed by atoms with van der Waals surface area (Å²) < 4.78 is 19.8. The van der Waals surface area contributed by atoms with Crippen molar-refractivity contribution in [3.8, 4) is 0 Å². The molecule has 1 heterocycles. The highest BCUT2D eigenvalue weighted by Gasteiger charge is 2.24. The number of hydrogen-bond acceptors (Lipinski definition) is 3. The number of aliphatic imine (C=N–C) groups is 1. The average Bonchev–Trinajstić information content (AvgIpc) is 2.63. The highest BCUT2D eigenvalue weighted by Crippen LogP contribution is 2.33. The molecule has 3 nitrogen and oxygen atoms in total. The fourth-order valence-electron chi connectivity index (χ4n) is 2.76. The van der Waals surface area contributed by atoms with Crippen molar-refractivity contribution in [2.45, 2.75) is 6.92 Å². The van der Waals surface area contributed by atoms with Gasteiger partial charge in [-0.15, -0.1) is 0 Å². The molecule has 0 fully saturated rings. The molecule has 2 aromatic rings. The molecule has 0 saturated heterocycles. The Kier molecular flexibility index (Phi) is 4.09. The van der Waals surface area contributed by atoms with Crippen LogP contribution in [0.15, 0.2) is 59.0 Å². The van der Waals surface area contributed by atoms with Gasteiger partial charge in [-0.3, -0.25) is 0 Å². The van der Waals surface area contributed by atoms with Crippen LogP contribution in [-0.2, 0) is 4.74 Å². The molecule has 118 valence electrons. The summed E-state index contributed by atoms with van der Waals surface area (Å²) in [5, 5.41) is 0.569. The number of benzene rings is 2. The molecule has 0 atom stereocenters. The molecule has 0 aliphatic carbocycles. The highest BCUT2D eigenvalue weighted by atomic mass is 35.5. The van der Waals surface area contributed by atoms with Crippen LogP contribution >= 0.6 is 11.6 Å². The molecule has 0 unspecified atom stereocenters. The minimum Gasteiger partial charge on any atom is -0.481 e. The zero-order valence-electron chi connectivity index (χ0n) is 13.1. The van der Waals surface area contributed by atoms with Gasteiger partial charge in [-0.1, -0.05) is 23.7 Å². The van der Waals surface area contributed by atoms with Crippen molar-refractivity contribution in [3.63, 3.8) is 0 Å². The van der Waals surface area contributed by atoms with E-state index in [-0.39, 0.29) is 5.82 Å². The predicted octanol–water partition coefficient (Wildman–Crippen LogP) is 4.60. The second kappa shape index (κ2) is 6.05. The SMILES string of the molecule is COC1=C(C)N=C(c2ccccc2F)c2cc(Cl)ccc2N1C. The number of rotatable bonds is 2. The number of allylic oxidation sites excluding steroid dienone is 1. The molecule has 0 radical (unpaired) electrons. The van der Waals surface area contributed by atoms with Crippen LogP contribution in [0.2, 0.25) is 5.02 Å². The van der Waals surface area contributed by atoms with Crippen molar-refractivity contribution in [1.82, 2.24) is 0 Å². The number of hydrogen-bond donors (Lipinski definition) is 0. The summed E-state index contributed by atoms with van der Waals surface area (Å²) in [7, 11) is 3.48. The van der Waals surface area contributed by atoms with Gasteiger partial charge in [0.25, 0.3) is 0 Å². The maximum absolute atomic E-state index is 14.3. The van der Waals surface area contributed by atoms with Crippen LogP contribution in [0.4, 0.5) is 10.1 Å². The van der Waals surface area contributed by atoms with Crippen molar-refractivity contribution < 1.29 is 9.13 Å². The Balaban J connectivity index is 2.33. The molecule has 0 N–H and O–H groups in total. The largest absolute Gasteiger partial charge is 0.481 e. The fraction of sp³-hybridized carbons (Fsp3) is 0.167. The molecule has 0 saturated carbocycles. The third-order valence-electron chi connectivity index (χ3n) is 3.79. The van der Waals surface area contributed by atoms with E-state index in [1.165, 1.54) is 6.07 Å². The maximum Gasteiger partial charge on any atom is 0.215 e. The molecular formula is C18H16ClFN2O. The van der Waals surface area contributed by atoms with Crippen molar-refractivity contribution in [2.75, 3.05) is 19.1 Å². The fourth-order valence-corrected chi connectivity index (χ4v) is 2.93. The minimum atomic E-state index is -0.325. The second-order valence-electron chi connectivity index (χ2n) is 5.26. The van der Waals surface area contributed by atoms with E-state index in [1.807, 2.05) is 24.9 Å². The Hall–Kier alpha value is -2.33. The zero-order valence-corrected chi connectivity index (χ0v) is 13.9. The van der Waals surface area contributed by atoms with Gasteiger partial charge in [0.1, 0.15) is 5.82 Å². The van der Waals surface area contributed by atoms with Gasteiger partial charge in [0.15, 0.2) is 0 Å². The van der Waals surface area contributed by atoms with Gasteiger partial charge in [0, 0.05) is 23.2 Å². The summed E-state index contributed by atoms with van der Waals surface area (Å²) in [6.07, 6.45) is 0. The van der Waals surface area contributed by atoms with E-state index in [4.69, 9.17) is 16.3 Å². The van der Waals surface area contributed by atoms with Crippen LogP contribution in [0.25, 0.3) is 0 Å². The zero-order chi connectivity index (χ0) is 16.6. The molecule has 0 spiro atoms. The van der Waals surface area contributed by atoms with Gasteiger partial charge in [0.2, 0.25) is 5.88 Å². The van der Waals surface area contributed by atoms with E-state index in [0.717, 1.165) is 11.3 Å². The standard InChI is InChI=1S/C18H16ClFN2O/c1-11-18(23-3)22(2)16-9-8-12(19)10-14(16)17(21-11)13-6-4-5-7-15(13)20/h4-10H,1-3H3. The van der Waals surface area contributed by atoms with Gasteiger partial charge < -0.3 is 9.64 Å². The van der Waals surface area contributed by atoms with Crippen LogP contribution in [0.5, 0.6) is 0 Å². The lowest BCUT2D eigenvalue weighted by Gasteiger charge is -2.22. The van der Waals surface area contributed by atoms with Crippen molar-refractivity contribution in [3.05, 3.63) is 76.0 Å². The molecule has 0 aromatic heterocycles. The van der Waals surface area contributed by atoms with Gasteiger partial charge in [-0.25, -0.2) is 9.38 Å². The van der Waals surface area contributed by atoms with E-state index in [2.05, 4.69) is 4.99 Å². The Morgan fingerprint density at radius 3 is 2.57 bits per heavy atom. The van der Waals surface area contributed by atoms with Crippen molar-refractivity contribution in [1.29, 1.82) is 0 Å². The first-order chi connectivity index (χ1) is 11.0. The molecule has 0 amide bonds. The first kappa shape index (κ1) is 15.6. The van der Waals surface area contributed by atoms with Gasteiger partial charge in [-0.05, 0) is 37.3 Å². The van der Waals surface area contributed by atoms with Crippen LogP contribution in [0.1, 0.15) is 18.1 Å². The van der Waals surface area contributed by atoms with E-state index in [9.17, 15) is 4.39 Å². The molecule has 0 bridgehead atoms. The monoisotopic (exact) mass is 330 g/mol. The van der Waals surface area contributed by atoms with E-state index < -0.39 is 0 Å². The molecule has 3 rings (SSSR count). The minimum absolute atomic E-state index is 0.325. The first-order valence-corrected chi connectivity index (χ1v) is 7.53. The Morgan fingerprint density at radius 1 is 1.13 bits per heavy atom. The van der Waals surface area contributed by atoms with Crippen LogP contribution < -0.4 is 4.90 Å². The third-order valence-corrected chi connectivity index (χ3v) is 4.03. The Bertz CT molecular complexity index is 830. The third kappa shape index (κ3) is 2.70. The van der Waals surface area contributed by atoms with E-state index in [1.54, 1.807) is 37.4 Å². The number of halogens is 2. The summed E-state index contributed by atoms with van der Waals surface area (Å²) in [5.74, 6) is 0.286. The lowest BCUT2D eigenvalue weighted by Crippen LogP contribution is -2.20. The first-order valence-electron chi connectivity index (χ1n) is 7.15. The number of anilines is 1. The van der Waals surface area contributed by atoms with Crippen molar-refractivity contribution in [2.24, 2.45) is 4.99 Å². The lowest BCUT2D eigenvalue weighted by molar-refractivity contribution is 0.278. The summed E-state index contributed by atoms with van der Waals surface area (Å²) in [5.41, 5.74) is 3.25. The van der Waals surface area contributed by atoms with E-state index in [0.29, 0.717) is 27.9 Å². The van der Waals surface area contributed by atoms with Crippen molar-refractivity contribution >= 4 is 23.0 Å². The molecule has 1 aliphatic rings. The maximum atomic E-state index is 14.3. The van der Waals surface area contributed by atoms with Gasteiger partial charge in [-0.2, -0.15) is 0 Å². The van der Waals surface area contributed by atoms with E-state index >= 15 is 0 Å². The molecule has 1 aliphatic heterocycles. The normalized spacial score (nSPS) is 14.3. The number of methoxy groups -OCH3 is 1. The highest BCUT2D eigenvalue weighted by molar-refractivity contribution is 6.31. The number of fused-ring (bicyclic) bond motifs is 1. The van der Waals surface area contributed by atoms with Crippen LogP contribution in [-0.4, -0.2) is 19.9 Å². The lowest BCUT2D eigenvalue weighted by atomic mass is 9.99. The van der Waals surface area contributed by atoms with Crippen LogP contribution in [0, 0.1) is 5.82 Å². The van der Waals surface area contributed by atoms with Gasteiger partial charge in [0.05, 0.1) is 24.2 Å². The summed E-state index contributed by atoms with van der Waals surface area (Å²) >= 11 is 6.16. The predicted molar refractivity (Wildman–Crippen MR) is 91.6 cm³/mol. The molecule has 23 heavy (non-hydrogen) atoms. The molecular weight excluding hydrogens is 315 g/mol. The summed E-state index contributed by atoms with van der Waals surface area (Å²) in [4.78, 5) is 6.51. The Labute approximate surface area is 139 Å². The van der Waals surface area contributed by atoms with Crippen LogP contribution in [0.3, 0.4) is 0 Å². The number of ether oxygens (including phenoxy) is 1. The molecule has 2 aromatic carbocycles. The summed E-state index contributed by atoms with van der Waals surface area (Å²) in [6, 6.07) is 12.1. The quantitative estimate of drug-likeness (QED) is 0.803. The number of nitrogens with zero attached hydrogens (tertiary/aromatic N) is 2. The second-order valence-corrected chi connectivity index (χ2v) is 5.69. The molecule has 5 heteroatoms. The smallest absolute Gasteiger partial charge is 0.215 e. The Morgan fingerprint density at radius 2 is 1.87 bits per heavy atom. The summed E-state index contributed by atoms with van der Waals surface area (Å²) in [6.45, 7) is 1.84. The van der Waals surface area contributed by atoms with Gasteiger partial charge >= 0.3 is 0 Å². The average molecular weight is 331 g/mol.